The molecule has 0 radical (unpaired) electrons. The molecule has 0 aliphatic carbocycles. The molecule has 0 saturated heterocycles. The Labute approximate surface area is 230 Å². The molecule has 0 saturated carbocycles. The van der Waals surface area contributed by atoms with E-state index in [4.69, 9.17) is 9.47 Å². The van der Waals surface area contributed by atoms with Crippen LogP contribution in [0, 0.1) is 11.7 Å². The average Bonchev–Trinajstić information content (AvgIpc) is 2.91. The highest BCUT2D eigenvalue weighted by Gasteiger charge is 2.29. The maximum Gasteiger partial charge on any atom is 0.323 e. The van der Waals surface area contributed by atoms with Gasteiger partial charge in [-0.2, -0.15) is 0 Å². The molecule has 214 valence electrons. The summed E-state index contributed by atoms with van der Waals surface area (Å²) in [6, 6.07) is 9.37. The summed E-state index contributed by atoms with van der Waals surface area (Å²) in [7, 11) is 1.87. The lowest BCUT2D eigenvalue weighted by atomic mass is 10.0. The van der Waals surface area contributed by atoms with Gasteiger partial charge in [0, 0.05) is 37.0 Å². The van der Waals surface area contributed by atoms with Crippen molar-refractivity contribution in [2.45, 2.75) is 58.3 Å². The highest BCUT2D eigenvalue weighted by atomic mass is 19.1. The fraction of sp³-hybridized carbons (Fsp3) is 0.517. The van der Waals surface area contributed by atoms with Gasteiger partial charge in [-0.3, -0.25) is 4.79 Å². The monoisotopic (exact) mass is 544 g/mol. The smallest absolute Gasteiger partial charge is 0.323 e. The van der Waals surface area contributed by atoms with Crippen LogP contribution in [0.15, 0.2) is 42.5 Å². The highest BCUT2D eigenvalue weighted by molar-refractivity contribution is 6.02. The van der Waals surface area contributed by atoms with Gasteiger partial charge in [0.1, 0.15) is 11.6 Å². The van der Waals surface area contributed by atoms with Gasteiger partial charge in [0.25, 0.3) is 5.91 Å². The third-order valence-electron chi connectivity index (χ3n) is 6.82. The van der Waals surface area contributed by atoms with Crippen molar-refractivity contribution in [2.24, 2.45) is 5.92 Å². The number of anilines is 2. The van der Waals surface area contributed by atoms with Crippen LogP contribution in [0.25, 0.3) is 0 Å². The number of aliphatic hydroxyl groups is 1. The van der Waals surface area contributed by atoms with Crippen molar-refractivity contribution < 1.29 is 28.6 Å². The quantitative estimate of drug-likeness (QED) is 0.427. The van der Waals surface area contributed by atoms with Gasteiger partial charge in [-0.1, -0.05) is 6.92 Å². The summed E-state index contributed by atoms with van der Waals surface area (Å²) in [5.41, 5.74) is 1.10. The molecule has 2 aromatic rings. The Hall–Kier alpha value is -3.21. The molecule has 4 N–H and O–H groups in total. The Balaban J connectivity index is 1.92. The van der Waals surface area contributed by atoms with E-state index in [9.17, 15) is 19.1 Å². The number of rotatable bonds is 6. The topological polar surface area (TPSA) is 112 Å². The largest absolute Gasteiger partial charge is 0.490 e. The molecule has 1 heterocycles. The minimum absolute atomic E-state index is 0.00979. The third-order valence-corrected chi connectivity index (χ3v) is 6.82. The minimum atomic E-state index is -0.537. The number of likely N-dealkylation sites (N-methyl/N-ethyl adjacent to an activating group) is 1. The van der Waals surface area contributed by atoms with Gasteiger partial charge in [-0.15, -0.1) is 0 Å². The molecule has 0 spiro atoms. The molecule has 1 aliphatic heterocycles. The number of carbonyl (C=O) groups excluding carboxylic acids is 2. The van der Waals surface area contributed by atoms with Crippen LogP contribution in [-0.4, -0.2) is 73.5 Å². The molecule has 3 rings (SSSR count). The van der Waals surface area contributed by atoms with E-state index in [1.54, 1.807) is 30.0 Å². The predicted octanol–water partition coefficient (Wildman–Crippen LogP) is 4.48. The van der Waals surface area contributed by atoms with Crippen LogP contribution in [0.3, 0.4) is 0 Å². The number of ether oxygens (including phenoxy) is 2. The van der Waals surface area contributed by atoms with Gasteiger partial charge >= 0.3 is 6.03 Å². The summed E-state index contributed by atoms with van der Waals surface area (Å²) in [4.78, 5) is 28.2. The zero-order valence-electron chi connectivity index (χ0n) is 23.2. The number of urea groups is 1. The van der Waals surface area contributed by atoms with E-state index < -0.39 is 17.9 Å². The maximum atomic E-state index is 14.0. The molecule has 4 atom stereocenters. The van der Waals surface area contributed by atoms with Gasteiger partial charge in [0.2, 0.25) is 0 Å². The number of benzene rings is 2. The number of carbonyl (C=O) groups is 2. The highest BCUT2D eigenvalue weighted by Crippen LogP contribution is 2.28. The molecule has 0 unspecified atom stereocenters. The van der Waals surface area contributed by atoms with Crippen LogP contribution < -0.4 is 20.7 Å². The van der Waals surface area contributed by atoms with Crippen LogP contribution in [0.1, 0.15) is 50.4 Å². The standard InChI is InChI=1S/C29H41FN4O5/c1-19-17-34(20(2)18-35)28(36)25-15-24(33-29(37)32-23-10-8-22(30)9-11-23)12-13-26(25)39-21(3)7-5-6-14-38-27(19)16-31-4/h8-13,15,19-21,27,31,35H,5-7,14,16-18H2,1-4H3,(H2,32,33,37)/t19-,20+,21-,27-/m1/s1. The van der Waals surface area contributed by atoms with Gasteiger partial charge in [0.05, 0.1) is 30.4 Å². The number of hydrogen-bond acceptors (Lipinski definition) is 6. The lowest BCUT2D eigenvalue weighted by molar-refractivity contribution is -0.000451. The summed E-state index contributed by atoms with van der Waals surface area (Å²) in [6.07, 6.45) is 2.36. The van der Waals surface area contributed by atoms with E-state index in [0.717, 1.165) is 19.3 Å². The fourth-order valence-electron chi connectivity index (χ4n) is 4.52. The molecule has 10 heteroatoms. The predicted molar refractivity (Wildman–Crippen MR) is 150 cm³/mol. The second-order valence-electron chi connectivity index (χ2n) is 10.2. The van der Waals surface area contributed by atoms with E-state index in [-0.39, 0.29) is 36.2 Å². The van der Waals surface area contributed by atoms with Crippen molar-refractivity contribution >= 4 is 23.3 Å². The molecule has 9 nitrogen and oxygen atoms in total. The molecule has 1 aliphatic rings. The lowest BCUT2D eigenvalue weighted by Crippen LogP contribution is -2.47. The Bertz CT molecular complexity index is 1080. The van der Waals surface area contributed by atoms with Crippen molar-refractivity contribution in [3.05, 3.63) is 53.8 Å². The number of halogens is 1. The summed E-state index contributed by atoms with van der Waals surface area (Å²) >= 11 is 0. The summed E-state index contributed by atoms with van der Waals surface area (Å²) in [5, 5.41) is 18.6. The number of fused-ring (bicyclic) bond motifs is 1. The summed E-state index contributed by atoms with van der Waals surface area (Å²) in [6.45, 7) is 7.22. The van der Waals surface area contributed by atoms with Gasteiger partial charge in [-0.05, 0) is 82.6 Å². The fourth-order valence-corrected chi connectivity index (χ4v) is 4.52. The molecule has 39 heavy (non-hydrogen) atoms. The second-order valence-corrected chi connectivity index (χ2v) is 10.2. The second kappa shape index (κ2) is 14.8. The molecule has 0 bridgehead atoms. The molecular formula is C29H41FN4O5. The molecule has 3 amide bonds. The molecular weight excluding hydrogens is 503 g/mol. The van der Waals surface area contributed by atoms with Gasteiger partial charge in [-0.25, -0.2) is 9.18 Å². The lowest BCUT2D eigenvalue weighted by Gasteiger charge is -2.34. The zero-order valence-corrected chi connectivity index (χ0v) is 23.2. The van der Waals surface area contributed by atoms with E-state index in [2.05, 4.69) is 16.0 Å². The van der Waals surface area contributed by atoms with Crippen molar-refractivity contribution in [3.8, 4) is 5.75 Å². The number of aliphatic hydroxyl groups excluding tert-OH is 1. The van der Waals surface area contributed by atoms with Gasteiger partial charge in [0.15, 0.2) is 0 Å². The van der Waals surface area contributed by atoms with Gasteiger partial charge < -0.3 is 35.4 Å². The third kappa shape index (κ3) is 8.91. The first-order chi connectivity index (χ1) is 18.7. The van der Waals surface area contributed by atoms with E-state index in [0.29, 0.717) is 36.8 Å². The van der Waals surface area contributed by atoms with E-state index in [1.165, 1.54) is 24.3 Å². The first kappa shape index (κ1) is 30.3. The van der Waals surface area contributed by atoms with E-state index in [1.807, 2.05) is 20.9 Å². The maximum absolute atomic E-state index is 14.0. The normalized spacial score (nSPS) is 21.7. The number of nitrogens with one attached hydrogen (secondary N) is 3. The minimum Gasteiger partial charge on any atom is -0.490 e. The Morgan fingerprint density at radius 3 is 2.51 bits per heavy atom. The first-order valence-corrected chi connectivity index (χ1v) is 13.5. The molecule has 2 aromatic carbocycles. The summed E-state index contributed by atoms with van der Waals surface area (Å²) in [5.74, 6) is -0.308. The van der Waals surface area contributed by atoms with Crippen LogP contribution in [0.5, 0.6) is 5.75 Å². The first-order valence-electron chi connectivity index (χ1n) is 13.5. The SMILES string of the molecule is CNC[C@H]1OCCCC[C@@H](C)Oc2ccc(NC(=O)Nc3ccc(F)cc3)cc2C(=O)N([C@@H](C)CO)C[C@H]1C. The van der Waals surface area contributed by atoms with Crippen molar-refractivity contribution in [3.63, 3.8) is 0 Å². The Morgan fingerprint density at radius 2 is 1.82 bits per heavy atom. The summed E-state index contributed by atoms with van der Waals surface area (Å²) < 4.78 is 25.6. The molecule has 0 aromatic heterocycles. The average molecular weight is 545 g/mol. The number of hydrogen-bond donors (Lipinski definition) is 4. The van der Waals surface area contributed by atoms with Crippen LogP contribution >= 0.6 is 0 Å². The van der Waals surface area contributed by atoms with Crippen LogP contribution in [-0.2, 0) is 4.74 Å². The van der Waals surface area contributed by atoms with Crippen molar-refractivity contribution in [1.29, 1.82) is 0 Å². The van der Waals surface area contributed by atoms with Crippen molar-refractivity contribution in [2.75, 3.05) is 44.0 Å². The Morgan fingerprint density at radius 1 is 1.13 bits per heavy atom. The number of amides is 3. The molecule has 0 fully saturated rings. The zero-order chi connectivity index (χ0) is 28.4. The number of nitrogens with zero attached hydrogens (tertiary/aromatic N) is 1. The van der Waals surface area contributed by atoms with Crippen LogP contribution in [0.4, 0.5) is 20.6 Å². The van der Waals surface area contributed by atoms with Crippen LogP contribution in [0.2, 0.25) is 0 Å². The Kier molecular flexibility index (Phi) is 11.5. The van der Waals surface area contributed by atoms with E-state index >= 15 is 0 Å². The van der Waals surface area contributed by atoms with Crippen molar-refractivity contribution in [1.82, 2.24) is 10.2 Å².